The smallest absolute Gasteiger partial charge is 0.136 e. The zero-order chi connectivity index (χ0) is 47.7. The van der Waals surface area contributed by atoms with Crippen molar-refractivity contribution in [2.45, 2.75) is 24.7 Å². The van der Waals surface area contributed by atoms with Crippen LogP contribution in [0.1, 0.15) is 47.2 Å². The van der Waals surface area contributed by atoms with Crippen molar-refractivity contribution >= 4 is 71.3 Å². The minimum Gasteiger partial charge on any atom is -0.456 e. The third-order valence-electron chi connectivity index (χ3n) is 16.3. The van der Waals surface area contributed by atoms with Gasteiger partial charge in [0.05, 0.1) is 11.1 Å². The van der Waals surface area contributed by atoms with Crippen LogP contribution in [-0.4, -0.2) is 0 Å². The maximum absolute atomic E-state index is 6.47. The second kappa shape index (κ2) is 15.3. The highest BCUT2D eigenvalue weighted by Gasteiger charge is 2.47. The molecule has 2 aliphatic carbocycles. The molecule has 0 radical (unpaired) electrons. The fourth-order valence-electron chi connectivity index (χ4n) is 13.3. The number of para-hydroxylation sites is 1. The van der Waals surface area contributed by atoms with Crippen molar-refractivity contribution in [1.29, 1.82) is 0 Å². The molecule has 15 rings (SSSR count). The Balaban J connectivity index is 0.978. The average molecular weight is 918 g/mol. The van der Waals surface area contributed by atoms with Gasteiger partial charge in [0.1, 0.15) is 11.2 Å². The number of benzene rings is 12. The number of nitrogens with zero attached hydrogens (tertiary/aromatic N) is 1. The van der Waals surface area contributed by atoms with E-state index in [0.717, 1.165) is 33.5 Å². The Morgan fingerprint density at radius 1 is 0.333 bits per heavy atom. The lowest BCUT2D eigenvalue weighted by Gasteiger charge is -2.36. The predicted molar refractivity (Wildman–Crippen MR) is 301 cm³/mol. The van der Waals surface area contributed by atoms with Gasteiger partial charge in [-0.2, -0.15) is 0 Å². The Kier molecular flexibility index (Phi) is 8.66. The molecule has 338 valence electrons. The number of furan rings is 1. The number of anilines is 3. The van der Waals surface area contributed by atoms with E-state index in [1.165, 1.54) is 105 Å². The van der Waals surface area contributed by atoms with Crippen molar-refractivity contribution in [1.82, 2.24) is 0 Å². The molecule has 1 heterocycles. The van der Waals surface area contributed by atoms with Crippen molar-refractivity contribution in [3.8, 4) is 33.4 Å². The zero-order valence-corrected chi connectivity index (χ0v) is 40.0. The topological polar surface area (TPSA) is 16.4 Å². The summed E-state index contributed by atoms with van der Waals surface area (Å²) in [7, 11) is 0. The van der Waals surface area contributed by atoms with Crippen LogP contribution in [0.3, 0.4) is 0 Å². The van der Waals surface area contributed by atoms with Gasteiger partial charge in [-0.05, 0) is 148 Å². The van der Waals surface area contributed by atoms with Gasteiger partial charge < -0.3 is 9.32 Å². The lowest BCUT2D eigenvalue weighted by molar-refractivity contribution is 0.661. The van der Waals surface area contributed by atoms with Gasteiger partial charge >= 0.3 is 0 Å². The van der Waals surface area contributed by atoms with Gasteiger partial charge in [0.15, 0.2) is 0 Å². The summed E-state index contributed by atoms with van der Waals surface area (Å²) in [6.45, 7) is 4.79. The van der Waals surface area contributed by atoms with Gasteiger partial charge in [-0.15, -0.1) is 0 Å². The van der Waals surface area contributed by atoms with E-state index in [0.29, 0.717) is 0 Å². The fourth-order valence-corrected chi connectivity index (χ4v) is 13.3. The number of rotatable bonds is 6. The molecule has 2 heteroatoms. The molecule has 0 N–H and O–H groups in total. The normalized spacial score (nSPS) is 13.9. The zero-order valence-electron chi connectivity index (χ0n) is 40.0. The van der Waals surface area contributed by atoms with Crippen LogP contribution in [0.5, 0.6) is 0 Å². The van der Waals surface area contributed by atoms with Gasteiger partial charge in [0.2, 0.25) is 0 Å². The molecule has 0 saturated carbocycles. The summed E-state index contributed by atoms with van der Waals surface area (Å²) in [5, 5.41) is 9.73. The van der Waals surface area contributed by atoms with Crippen molar-refractivity contribution in [2.75, 3.05) is 4.90 Å². The van der Waals surface area contributed by atoms with E-state index in [1.807, 2.05) is 0 Å². The maximum atomic E-state index is 6.47. The van der Waals surface area contributed by atoms with Gasteiger partial charge in [-0.3, -0.25) is 0 Å². The molecule has 0 atom stereocenters. The average Bonchev–Trinajstić information content (AvgIpc) is 4.05. The molecule has 0 saturated heterocycles. The van der Waals surface area contributed by atoms with Crippen LogP contribution in [0, 0.1) is 0 Å². The molecule has 0 fully saturated rings. The second-order valence-electron chi connectivity index (χ2n) is 20.3. The van der Waals surface area contributed by atoms with Crippen LogP contribution in [0.25, 0.3) is 87.6 Å². The summed E-state index contributed by atoms with van der Waals surface area (Å²) in [5.74, 6) is 0. The minimum absolute atomic E-state index is 0.253. The quantitative estimate of drug-likeness (QED) is 0.155. The van der Waals surface area contributed by atoms with E-state index >= 15 is 0 Å². The summed E-state index contributed by atoms with van der Waals surface area (Å²) in [6.07, 6.45) is 0. The van der Waals surface area contributed by atoms with Gasteiger partial charge in [-0.25, -0.2) is 0 Å². The molecule has 1 aromatic heterocycles. The van der Waals surface area contributed by atoms with Gasteiger partial charge in [0, 0.05) is 32.9 Å². The van der Waals surface area contributed by atoms with Gasteiger partial charge in [-0.1, -0.05) is 208 Å². The molecule has 0 bridgehead atoms. The second-order valence-corrected chi connectivity index (χ2v) is 20.3. The fraction of sp³-hybridized carbons (Fsp3) is 0.0571. The molecule has 0 aliphatic heterocycles. The van der Waals surface area contributed by atoms with Crippen molar-refractivity contribution < 1.29 is 4.42 Å². The van der Waals surface area contributed by atoms with Crippen molar-refractivity contribution in [3.63, 3.8) is 0 Å². The van der Waals surface area contributed by atoms with Crippen LogP contribution in [0.4, 0.5) is 17.1 Å². The molecular weight excluding hydrogens is 871 g/mol. The van der Waals surface area contributed by atoms with Crippen LogP contribution in [0.2, 0.25) is 0 Å². The van der Waals surface area contributed by atoms with E-state index in [1.54, 1.807) is 0 Å². The summed E-state index contributed by atoms with van der Waals surface area (Å²) >= 11 is 0. The van der Waals surface area contributed by atoms with E-state index in [9.17, 15) is 0 Å². The first-order valence-electron chi connectivity index (χ1n) is 25.2. The van der Waals surface area contributed by atoms with Crippen LogP contribution in [0.15, 0.2) is 253 Å². The Morgan fingerprint density at radius 2 is 0.903 bits per heavy atom. The first-order chi connectivity index (χ1) is 35.5. The standard InChI is InChI=1S/C70H47NO/c1-69(2)60-31-14-11-27-53(60)57-30-18-33-63(68(57)69)71(49-36-38-54-52-26-12-15-32-61(52)70(62(54)43-49,46-20-5-3-6-21-46)47-22-7-4-8-23-47)48-24-17-19-44(41-48)45-35-37-51-50-25-9-10-28-55(50)66-56(59(51)42-45)39-40-65-67(66)58-29-13-16-34-64(58)72-65/h3-43H,1-2H3. The summed E-state index contributed by atoms with van der Waals surface area (Å²) < 4.78 is 6.47. The summed E-state index contributed by atoms with van der Waals surface area (Å²) in [5.41, 5.74) is 19.7. The van der Waals surface area contributed by atoms with E-state index in [4.69, 9.17) is 4.42 Å². The van der Waals surface area contributed by atoms with Crippen LogP contribution < -0.4 is 4.90 Å². The summed E-state index contributed by atoms with van der Waals surface area (Å²) in [4.78, 5) is 2.55. The van der Waals surface area contributed by atoms with Gasteiger partial charge in [0.25, 0.3) is 0 Å². The Labute approximate surface area is 418 Å². The molecular formula is C70H47NO. The molecule has 2 aliphatic rings. The highest BCUT2D eigenvalue weighted by Crippen LogP contribution is 2.59. The Hall–Kier alpha value is -8.98. The van der Waals surface area contributed by atoms with E-state index < -0.39 is 5.41 Å². The number of fused-ring (bicyclic) bond motifs is 16. The highest BCUT2D eigenvalue weighted by atomic mass is 16.3. The lowest BCUT2D eigenvalue weighted by Crippen LogP contribution is -2.28. The largest absolute Gasteiger partial charge is 0.456 e. The SMILES string of the molecule is CC1(C)c2ccccc2-c2cccc(N(c3cccc(-c4ccc5c6ccccc6c6c(ccc7oc8ccccc8c76)c5c4)c3)c3ccc4c(c3)C(c3ccccc3)(c3ccccc3)c3ccccc3-4)c21. The molecule has 0 amide bonds. The molecule has 12 aromatic carbocycles. The monoisotopic (exact) mass is 917 g/mol. The third kappa shape index (κ3) is 5.61. The molecule has 2 nitrogen and oxygen atoms in total. The van der Waals surface area contributed by atoms with Crippen LogP contribution in [-0.2, 0) is 10.8 Å². The van der Waals surface area contributed by atoms with Crippen molar-refractivity contribution in [2.24, 2.45) is 0 Å². The highest BCUT2D eigenvalue weighted by molar-refractivity contribution is 6.34. The molecule has 0 spiro atoms. The number of hydrogen-bond donors (Lipinski definition) is 0. The van der Waals surface area contributed by atoms with Crippen LogP contribution >= 0.6 is 0 Å². The third-order valence-corrected chi connectivity index (χ3v) is 16.3. The predicted octanol–water partition coefficient (Wildman–Crippen LogP) is 18.9. The Morgan fingerprint density at radius 3 is 1.69 bits per heavy atom. The summed E-state index contributed by atoms with van der Waals surface area (Å²) in [6, 6.07) is 92.5. The first kappa shape index (κ1) is 40.9. The Bertz CT molecular complexity index is 4330. The maximum Gasteiger partial charge on any atom is 0.136 e. The van der Waals surface area contributed by atoms with E-state index in [-0.39, 0.29) is 5.41 Å². The molecule has 0 unspecified atom stereocenters. The number of hydrogen-bond acceptors (Lipinski definition) is 2. The van der Waals surface area contributed by atoms with Crippen molar-refractivity contribution in [3.05, 3.63) is 282 Å². The molecule has 13 aromatic rings. The minimum atomic E-state index is -0.543. The first-order valence-corrected chi connectivity index (χ1v) is 25.2. The lowest BCUT2D eigenvalue weighted by atomic mass is 9.67. The molecule has 72 heavy (non-hydrogen) atoms. The van der Waals surface area contributed by atoms with E-state index in [2.05, 4.69) is 267 Å².